The fourth-order valence-electron chi connectivity index (χ4n) is 0.622. The van der Waals surface area contributed by atoms with Gasteiger partial charge in [0.2, 0.25) is 0 Å². The monoisotopic (exact) mass is 118 g/mol. The molecular weight excluding hydrogens is 104 g/mol. The molecule has 0 spiro atoms. The fraction of sp³-hybridized carbons (Fsp3) is 1.00. The minimum atomic E-state index is 0.903. The summed E-state index contributed by atoms with van der Waals surface area (Å²) in [6.45, 7) is 4.48. The molecule has 0 unspecified atom stereocenters. The van der Waals surface area contributed by atoms with Crippen molar-refractivity contribution in [2.24, 2.45) is 0 Å². The first-order valence-electron chi connectivity index (χ1n) is 2.87. The van der Waals surface area contributed by atoms with E-state index in [9.17, 15) is 0 Å². The van der Waals surface area contributed by atoms with Gasteiger partial charge in [0.05, 0.1) is 0 Å². The van der Waals surface area contributed by atoms with Gasteiger partial charge in [-0.05, 0) is 19.1 Å². The number of rotatable bonds is 3. The Kier molecular flexibility index (Phi) is 4.73. The molecule has 0 aromatic carbocycles. The third-order valence-electron chi connectivity index (χ3n) is 1.24. The van der Waals surface area contributed by atoms with E-state index < -0.39 is 0 Å². The standard InChI is InChI=1S/C6H14S/c1-4-6(5-2)7-3/h6H,4-5H2,1-3H3. The highest BCUT2D eigenvalue weighted by molar-refractivity contribution is 7.99. The van der Waals surface area contributed by atoms with Gasteiger partial charge in [-0.3, -0.25) is 0 Å². The van der Waals surface area contributed by atoms with Crippen LogP contribution in [-0.2, 0) is 0 Å². The molecule has 0 amide bonds. The zero-order valence-corrected chi connectivity index (χ0v) is 6.22. The summed E-state index contributed by atoms with van der Waals surface area (Å²) in [4.78, 5) is 0. The number of hydrogen-bond donors (Lipinski definition) is 0. The van der Waals surface area contributed by atoms with Crippen molar-refractivity contribution in [3.8, 4) is 0 Å². The van der Waals surface area contributed by atoms with E-state index in [0.29, 0.717) is 0 Å². The van der Waals surface area contributed by atoms with Gasteiger partial charge >= 0.3 is 0 Å². The molecule has 7 heavy (non-hydrogen) atoms. The van der Waals surface area contributed by atoms with Crippen molar-refractivity contribution in [2.45, 2.75) is 31.9 Å². The minimum Gasteiger partial charge on any atom is -0.162 e. The van der Waals surface area contributed by atoms with E-state index in [1.807, 2.05) is 11.8 Å². The first-order valence-corrected chi connectivity index (χ1v) is 4.16. The summed E-state index contributed by atoms with van der Waals surface area (Å²) in [5.74, 6) is 0. The Morgan fingerprint density at radius 2 is 1.71 bits per heavy atom. The van der Waals surface area contributed by atoms with Crippen molar-refractivity contribution in [1.29, 1.82) is 0 Å². The third-order valence-corrected chi connectivity index (χ3v) is 2.58. The van der Waals surface area contributed by atoms with E-state index >= 15 is 0 Å². The molecule has 0 heterocycles. The Labute approximate surface area is 50.7 Å². The van der Waals surface area contributed by atoms with E-state index in [1.54, 1.807) is 0 Å². The Bertz CT molecular complexity index is 25.7. The largest absolute Gasteiger partial charge is 0.162 e. The maximum atomic E-state index is 2.24. The summed E-state index contributed by atoms with van der Waals surface area (Å²) < 4.78 is 0. The molecular formula is C6H14S. The average Bonchev–Trinajstić information content (AvgIpc) is 1.72. The molecule has 0 rings (SSSR count). The van der Waals surface area contributed by atoms with Crippen LogP contribution in [-0.4, -0.2) is 11.5 Å². The first kappa shape index (κ1) is 7.35. The Morgan fingerprint density at radius 3 is 1.71 bits per heavy atom. The van der Waals surface area contributed by atoms with Crippen molar-refractivity contribution < 1.29 is 0 Å². The van der Waals surface area contributed by atoms with Crippen LogP contribution in [0.3, 0.4) is 0 Å². The summed E-state index contributed by atoms with van der Waals surface area (Å²) in [5, 5.41) is 0.903. The van der Waals surface area contributed by atoms with Crippen LogP contribution in [0.15, 0.2) is 0 Å². The first-order chi connectivity index (χ1) is 3.35. The van der Waals surface area contributed by atoms with Gasteiger partial charge in [-0.1, -0.05) is 13.8 Å². The Morgan fingerprint density at radius 1 is 1.29 bits per heavy atom. The summed E-state index contributed by atoms with van der Waals surface area (Å²) in [7, 11) is 0. The molecule has 0 aliphatic heterocycles. The van der Waals surface area contributed by atoms with Crippen LogP contribution in [0.25, 0.3) is 0 Å². The zero-order chi connectivity index (χ0) is 5.70. The van der Waals surface area contributed by atoms with E-state index in [-0.39, 0.29) is 0 Å². The number of hydrogen-bond acceptors (Lipinski definition) is 1. The fourth-order valence-corrected chi connectivity index (χ4v) is 1.29. The molecule has 0 fully saturated rings. The normalized spacial score (nSPS) is 10.3. The van der Waals surface area contributed by atoms with Crippen LogP contribution in [0.4, 0.5) is 0 Å². The summed E-state index contributed by atoms with van der Waals surface area (Å²) >= 11 is 1.97. The predicted octanol–water partition coefficient (Wildman–Crippen LogP) is 2.54. The van der Waals surface area contributed by atoms with Crippen molar-refractivity contribution in [2.75, 3.05) is 6.26 Å². The van der Waals surface area contributed by atoms with Crippen LogP contribution < -0.4 is 0 Å². The lowest BCUT2D eigenvalue weighted by Gasteiger charge is -2.05. The quantitative estimate of drug-likeness (QED) is 0.548. The van der Waals surface area contributed by atoms with Crippen molar-refractivity contribution in [3.05, 3.63) is 0 Å². The SMILES string of the molecule is CCC(CC)SC. The molecule has 0 saturated carbocycles. The molecule has 0 atom stereocenters. The molecule has 1 heteroatoms. The van der Waals surface area contributed by atoms with Gasteiger partial charge < -0.3 is 0 Å². The summed E-state index contributed by atoms with van der Waals surface area (Å²) in [5.41, 5.74) is 0. The summed E-state index contributed by atoms with van der Waals surface area (Å²) in [6.07, 6.45) is 4.81. The van der Waals surface area contributed by atoms with Gasteiger partial charge in [0.15, 0.2) is 0 Å². The lowest BCUT2D eigenvalue weighted by molar-refractivity contribution is 0.794. The third kappa shape index (κ3) is 2.98. The van der Waals surface area contributed by atoms with E-state index in [1.165, 1.54) is 12.8 Å². The molecule has 0 aliphatic carbocycles. The highest BCUT2D eigenvalue weighted by Gasteiger charge is 1.96. The van der Waals surface area contributed by atoms with Crippen LogP contribution in [0, 0.1) is 0 Å². The van der Waals surface area contributed by atoms with Gasteiger partial charge in [0, 0.05) is 5.25 Å². The van der Waals surface area contributed by atoms with Crippen LogP contribution in [0.2, 0.25) is 0 Å². The van der Waals surface area contributed by atoms with E-state index in [2.05, 4.69) is 20.1 Å². The molecule has 0 nitrogen and oxygen atoms in total. The van der Waals surface area contributed by atoms with Crippen molar-refractivity contribution >= 4 is 11.8 Å². The van der Waals surface area contributed by atoms with Crippen LogP contribution in [0.5, 0.6) is 0 Å². The van der Waals surface area contributed by atoms with E-state index in [4.69, 9.17) is 0 Å². The lowest BCUT2D eigenvalue weighted by atomic mass is 10.3. The van der Waals surface area contributed by atoms with Gasteiger partial charge in [0.1, 0.15) is 0 Å². The lowest BCUT2D eigenvalue weighted by Crippen LogP contribution is -1.94. The van der Waals surface area contributed by atoms with Crippen molar-refractivity contribution in [1.82, 2.24) is 0 Å². The zero-order valence-electron chi connectivity index (χ0n) is 5.40. The highest BCUT2D eigenvalue weighted by atomic mass is 32.2. The summed E-state index contributed by atoms with van der Waals surface area (Å²) in [6, 6.07) is 0. The second-order valence-electron chi connectivity index (χ2n) is 1.67. The smallest absolute Gasteiger partial charge is 0.00390 e. The molecule has 0 aromatic heterocycles. The molecule has 0 aromatic rings. The second-order valence-corrected chi connectivity index (χ2v) is 2.81. The number of thioether (sulfide) groups is 1. The topological polar surface area (TPSA) is 0 Å². The minimum absolute atomic E-state index is 0.903. The molecule has 0 radical (unpaired) electrons. The molecule has 0 saturated heterocycles. The maximum Gasteiger partial charge on any atom is 0.00390 e. The Hall–Kier alpha value is 0.350. The van der Waals surface area contributed by atoms with Gasteiger partial charge in [-0.25, -0.2) is 0 Å². The highest BCUT2D eigenvalue weighted by Crippen LogP contribution is 2.12. The van der Waals surface area contributed by atoms with Crippen LogP contribution in [0.1, 0.15) is 26.7 Å². The molecule has 0 N–H and O–H groups in total. The van der Waals surface area contributed by atoms with E-state index in [0.717, 1.165) is 5.25 Å². The Balaban J connectivity index is 2.99. The molecule has 0 aliphatic rings. The second kappa shape index (κ2) is 4.51. The van der Waals surface area contributed by atoms with Crippen molar-refractivity contribution in [3.63, 3.8) is 0 Å². The predicted molar refractivity (Wildman–Crippen MR) is 37.9 cm³/mol. The molecule has 0 bridgehead atoms. The van der Waals surface area contributed by atoms with Gasteiger partial charge in [-0.2, -0.15) is 11.8 Å². The van der Waals surface area contributed by atoms with Gasteiger partial charge in [0.25, 0.3) is 0 Å². The van der Waals surface area contributed by atoms with Gasteiger partial charge in [-0.15, -0.1) is 0 Å². The molecule has 44 valence electrons. The van der Waals surface area contributed by atoms with Crippen LogP contribution >= 0.6 is 11.8 Å². The maximum absolute atomic E-state index is 2.24. The average molecular weight is 118 g/mol.